The predicted molar refractivity (Wildman–Crippen MR) is 66.4 cm³/mol. The number of morpholine rings is 1. The third-order valence-electron chi connectivity index (χ3n) is 2.82. The molecule has 1 aliphatic rings. The van der Waals surface area contributed by atoms with E-state index < -0.39 is 0 Å². The molecule has 0 saturated carbocycles. The van der Waals surface area contributed by atoms with Gasteiger partial charge in [-0.15, -0.1) is 0 Å². The minimum Gasteiger partial charge on any atom is -0.490 e. The number of rotatable bonds is 4. The van der Waals surface area contributed by atoms with Crippen molar-refractivity contribution < 1.29 is 9.47 Å². The van der Waals surface area contributed by atoms with Gasteiger partial charge in [0.1, 0.15) is 0 Å². The Morgan fingerprint density at radius 1 is 1.65 bits per heavy atom. The number of hydrogen-bond acceptors (Lipinski definition) is 5. The highest BCUT2D eigenvalue weighted by Gasteiger charge is 2.25. The molecule has 1 aromatic heterocycles. The Labute approximate surface area is 102 Å². The molecule has 1 aliphatic heterocycles. The Kier molecular flexibility index (Phi) is 4.17. The fraction of sp³-hybridized carbons (Fsp3) is 0.583. The predicted octanol–water partition coefficient (Wildman–Crippen LogP) is 0.644. The SMILES string of the molecule is CCOc1cccnc1N1CCOCC1CN. The lowest BCUT2D eigenvalue weighted by Gasteiger charge is -2.36. The molecule has 2 rings (SSSR count). The first-order valence-corrected chi connectivity index (χ1v) is 5.99. The van der Waals surface area contributed by atoms with Gasteiger partial charge < -0.3 is 20.1 Å². The van der Waals surface area contributed by atoms with Crippen LogP contribution in [0, 0.1) is 0 Å². The van der Waals surface area contributed by atoms with Crippen LogP contribution in [0.1, 0.15) is 6.92 Å². The summed E-state index contributed by atoms with van der Waals surface area (Å²) >= 11 is 0. The normalized spacial score (nSPS) is 20.4. The zero-order valence-corrected chi connectivity index (χ0v) is 10.1. The van der Waals surface area contributed by atoms with Crippen LogP contribution in [0.2, 0.25) is 0 Å². The number of nitrogens with two attached hydrogens (primary N) is 1. The Balaban J connectivity index is 2.24. The van der Waals surface area contributed by atoms with Gasteiger partial charge in [-0.3, -0.25) is 0 Å². The summed E-state index contributed by atoms with van der Waals surface area (Å²) < 4.78 is 11.0. The molecule has 2 heterocycles. The second-order valence-corrected chi connectivity index (χ2v) is 3.92. The van der Waals surface area contributed by atoms with E-state index in [2.05, 4.69) is 9.88 Å². The summed E-state index contributed by atoms with van der Waals surface area (Å²) in [5.41, 5.74) is 5.76. The summed E-state index contributed by atoms with van der Waals surface area (Å²) in [6.45, 7) is 5.32. The van der Waals surface area contributed by atoms with E-state index >= 15 is 0 Å². The molecule has 0 radical (unpaired) electrons. The van der Waals surface area contributed by atoms with E-state index in [0.29, 0.717) is 26.4 Å². The van der Waals surface area contributed by atoms with Crippen LogP contribution < -0.4 is 15.4 Å². The Bertz CT molecular complexity index is 359. The summed E-state index contributed by atoms with van der Waals surface area (Å²) in [5.74, 6) is 1.68. The molecule has 0 aromatic carbocycles. The van der Waals surface area contributed by atoms with Crippen molar-refractivity contribution in [3.8, 4) is 5.75 Å². The van der Waals surface area contributed by atoms with E-state index in [1.54, 1.807) is 6.20 Å². The average Bonchev–Trinajstić information content (AvgIpc) is 2.40. The number of nitrogens with zero attached hydrogens (tertiary/aromatic N) is 2. The molecule has 1 aromatic rings. The second kappa shape index (κ2) is 5.84. The van der Waals surface area contributed by atoms with Crippen molar-refractivity contribution in [2.45, 2.75) is 13.0 Å². The standard InChI is InChI=1S/C12H19N3O2/c1-2-17-11-4-3-5-14-12(11)15-6-7-16-9-10(15)8-13/h3-5,10H,2,6-9,13H2,1H3. The van der Waals surface area contributed by atoms with E-state index in [1.165, 1.54) is 0 Å². The van der Waals surface area contributed by atoms with Crippen molar-refractivity contribution >= 4 is 5.82 Å². The lowest BCUT2D eigenvalue weighted by atomic mass is 10.2. The maximum absolute atomic E-state index is 5.76. The monoisotopic (exact) mass is 237 g/mol. The molecule has 1 atom stereocenters. The molecule has 0 amide bonds. The summed E-state index contributed by atoms with van der Waals surface area (Å²) in [6.07, 6.45) is 1.78. The minimum absolute atomic E-state index is 0.179. The Morgan fingerprint density at radius 2 is 2.53 bits per heavy atom. The lowest BCUT2D eigenvalue weighted by Crippen LogP contribution is -2.50. The maximum Gasteiger partial charge on any atom is 0.171 e. The van der Waals surface area contributed by atoms with E-state index in [4.69, 9.17) is 15.2 Å². The molecular weight excluding hydrogens is 218 g/mol. The molecule has 1 saturated heterocycles. The van der Waals surface area contributed by atoms with Gasteiger partial charge in [-0.05, 0) is 19.1 Å². The van der Waals surface area contributed by atoms with Crippen LogP contribution in [0.4, 0.5) is 5.82 Å². The zero-order chi connectivity index (χ0) is 12.1. The van der Waals surface area contributed by atoms with Crippen LogP contribution in [0.5, 0.6) is 5.75 Å². The number of anilines is 1. The van der Waals surface area contributed by atoms with Crippen LogP contribution in [0.25, 0.3) is 0 Å². The first kappa shape index (κ1) is 12.1. The average molecular weight is 237 g/mol. The molecule has 2 N–H and O–H groups in total. The highest BCUT2D eigenvalue weighted by Crippen LogP contribution is 2.27. The smallest absolute Gasteiger partial charge is 0.171 e. The van der Waals surface area contributed by atoms with Crippen molar-refractivity contribution in [3.05, 3.63) is 18.3 Å². The Hall–Kier alpha value is -1.33. The van der Waals surface area contributed by atoms with E-state index in [1.807, 2.05) is 19.1 Å². The molecule has 0 bridgehead atoms. The number of ether oxygens (including phenoxy) is 2. The first-order chi connectivity index (χ1) is 8.36. The van der Waals surface area contributed by atoms with Crippen molar-refractivity contribution in [2.24, 2.45) is 5.73 Å². The van der Waals surface area contributed by atoms with Gasteiger partial charge in [0.25, 0.3) is 0 Å². The quantitative estimate of drug-likeness (QED) is 0.833. The fourth-order valence-electron chi connectivity index (χ4n) is 2.00. The third kappa shape index (κ3) is 2.68. The maximum atomic E-state index is 5.76. The van der Waals surface area contributed by atoms with Crippen LogP contribution in [0.15, 0.2) is 18.3 Å². The lowest BCUT2D eigenvalue weighted by molar-refractivity contribution is 0.0954. The van der Waals surface area contributed by atoms with Crippen molar-refractivity contribution in [3.63, 3.8) is 0 Å². The van der Waals surface area contributed by atoms with Crippen molar-refractivity contribution in [2.75, 3.05) is 37.8 Å². The Morgan fingerprint density at radius 3 is 3.29 bits per heavy atom. The van der Waals surface area contributed by atoms with Crippen LogP contribution in [0.3, 0.4) is 0 Å². The van der Waals surface area contributed by atoms with E-state index in [0.717, 1.165) is 18.1 Å². The molecule has 17 heavy (non-hydrogen) atoms. The van der Waals surface area contributed by atoms with Crippen LogP contribution >= 0.6 is 0 Å². The summed E-state index contributed by atoms with van der Waals surface area (Å²) in [7, 11) is 0. The summed E-state index contributed by atoms with van der Waals surface area (Å²) in [5, 5.41) is 0. The fourth-order valence-corrected chi connectivity index (χ4v) is 2.00. The van der Waals surface area contributed by atoms with Gasteiger partial charge in [-0.25, -0.2) is 4.98 Å². The van der Waals surface area contributed by atoms with Gasteiger partial charge in [0.05, 0.1) is 25.9 Å². The molecule has 1 unspecified atom stereocenters. The van der Waals surface area contributed by atoms with E-state index in [9.17, 15) is 0 Å². The first-order valence-electron chi connectivity index (χ1n) is 5.99. The highest BCUT2D eigenvalue weighted by molar-refractivity contribution is 5.53. The molecule has 0 aliphatic carbocycles. The summed E-state index contributed by atoms with van der Waals surface area (Å²) in [4.78, 5) is 6.58. The van der Waals surface area contributed by atoms with Gasteiger partial charge in [-0.2, -0.15) is 0 Å². The molecule has 1 fully saturated rings. The van der Waals surface area contributed by atoms with Crippen LogP contribution in [-0.4, -0.2) is 43.9 Å². The molecule has 5 heteroatoms. The molecule has 5 nitrogen and oxygen atoms in total. The van der Waals surface area contributed by atoms with Gasteiger partial charge in [-0.1, -0.05) is 0 Å². The van der Waals surface area contributed by atoms with Crippen molar-refractivity contribution in [1.29, 1.82) is 0 Å². The van der Waals surface area contributed by atoms with E-state index in [-0.39, 0.29) is 6.04 Å². The minimum atomic E-state index is 0.179. The number of hydrogen-bond donors (Lipinski definition) is 1. The highest BCUT2D eigenvalue weighted by atomic mass is 16.5. The molecule has 94 valence electrons. The van der Waals surface area contributed by atoms with Gasteiger partial charge in [0.2, 0.25) is 0 Å². The van der Waals surface area contributed by atoms with Crippen LogP contribution in [-0.2, 0) is 4.74 Å². The molecular formula is C12H19N3O2. The van der Waals surface area contributed by atoms with Gasteiger partial charge >= 0.3 is 0 Å². The topological polar surface area (TPSA) is 60.6 Å². The number of pyridine rings is 1. The van der Waals surface area contributed by atoms with Crippen molar-refractivity contribution in [1.82, 2.24) is 4.98 Å². The third-order valence-corrected chi connectivity index (χ3v) is 2.82. The molecule has 0 spiro atoms. The van der Waals surface area contributed by atoms with Gasteiger partial charge in [0.15, 0.2) is 11.6 Å². The summed E-state index contributed by atoms with van der Waals surface area (Å²) in [6, 6.07) is 4.00. The number of aromatic nitrogens is 1. The second-order valence-electron chi connectivity index (χ2n) is 3.92. The van der Waals surface area contributed by atoms with Gasteiger partial charge in [0, 0.05) is 19.3 Å². The zero-order valence-electron chi connectivity index (χ0n) is 10.1. The largest absolute Gasteiger partial charge is 0.490 e.